The maximum absolute atomic E-state index is 12.9. The van der Waals surface area contributed by atoms with Gasteiger partial charge in [-0.1, -0.05) is 0 Å². The molecule has 0 radical (unpaired) electrons. The molecule has 1 amide bonds. The topological polar surface area (TPSA) is 92.1 Å². The lowest BCUT2D eigenvalue weighted by atomic mass is 10.2. The molecule has 132 valence electrons. The lowest BCUT2D eigenvalue weighted by molar-refractivity contribution is 0.0988. The van der Waals surface area contributed by atoms with Gasteiger partial charge in [0.05, 0.1) is 35.9 Å². The molecule has 27 heavy (non-hydrogen) atoms. The average Bonchev–Trinajstić information content (AvgIpc) is 3.32. The van der Waals surface area contributed by atoms with Crippen LogP contribution in [-0.2, 0) is 7.05 Å². The van der Waals surface area contributed by atoms with Gasteiger partial charge in [0, 0.05) is 37.7 Å². The first-order chi connectivity index (χ1) is 13.1. The predicted octanol–water partition coefficient (Wildman–Crippen LogP) is 2.28. The zero-order valence-corrected chi connectivity index (χ0v) is 14.7. The molecule has 4 aromatic rings. The molecular weight excluding hydrogens is 342 g/mol. The number of carbonyl (C=O) groups is 1. The SMILES string of the molecule is CN(C(=O)c1cn2c(-c3cnn(C)c3)cnc2cn1)c1ccc(C#N)cc1. The zero-order chi connectivity index (χ0) is 19.0. The van der Waals surface area contributed by atoms with Crippen molar-refractivity contribution in [3.63, 3.8) is 0 Å². The Morgan fingerprint density at radius 2 is 1.89 bits per heavy atom. The standard InChI is InChI=1S/C19H15N7O/c1-24-11-14(8-23-24)17-9-22-18-10-21-16(12-26(17)18)19(27)25(2)15-5-3-13(7-20)4-6-15/h3-6,8-12H,1-2H3. The van der Waals surface area contributed by atoms with Crippen molar-refractivity contribution in [1.82, 2.24) is 24.1 Å². The van der Waals surface area contributed by atoms with Crippen molar-refractivity contribution in [2.45, 2.75) is 0 Å². The zero-order valence-electron chi connectivity index (χ0n) is 14.7. The normalized spacial score (nSPS) is 10.7. The molecule has 0 N–H and O–H groups in total. The fraction of sp³-hybridized carbons (Fsp3) is 0.105. The van der Waals surface area contributed by atoms with E-state index in [9.17, 15) is 4.79 Å². The summed E-state index contributed by atoms with van der Waals surface area (Å²) in [5.41, 5.74) is 3.88. The second kappa shape index (κ2) is 6.38. The van der Waals surface area contributed by atoms with Crippen molar-refractivity contribution >= 4 is 17.2 Å². The molecular formula is C19H15N7O. The van der Waals surface area contributed by atoms with Crippen LogP contribution >= 0.6 is 0 Å². The van der Waals surface area contributed by atoms with Crippen molar-refractivity contribution in [2.24, 2.45) is 7.05 Å². The van der Waals surface area contributed by atoms with Gasteiger partial charge in [-0.3, -0.25) is 13.9 Å². The molecule has 0 spiro atoms. The van der Waals surface area contributed by atoms with E-state index in [2.05, 4.69) is 21.1 Å². The van der Waals surface area contributed by atoms with Crippen LogP contribution < -0.4 is 4.90 Å². The molecule has 8 nitrogen and oxygen atoms in total. The van der Waals surface area contributed by atoms with E-state index in [0.29, 0.717) is 16.9 Å². The van der Waals surface area contributed by atoms with E-state index in [1.165, 1.54) is 4.90 Å². The third kappa shape index (κ3) is 2.91. The molecule has 1 aromatic carbocycles. The molecule has 3 heterocycles. The molecule has 0 saturated carbocycles. The summed E-state index contributed by atoms with van der Waals surface area (Å²) in [4.78, 5) is 22.9. The van der Waals surface area contributed by atoms with Gasteiger partial charge < -0.3 is 4.90 Å². The third-order valence-corrected chi connectivity index (χ3v) is 4.30. The summed E-state index contributed by atoms with van der Waals surface area (Å²) < 4.78 is 3.53. The van der Waals surface area contributed by atoms with Gasteiger partial charge in [-0.15, -0.1) is 0 Å². The maximum atomic E-state index is 12.9. The Balaban J connectivity index is 1.70. The first kappa shape index (κ1) is 16.5. The summed E-state index contributed by atoms with van der Waals surface area (Å²) in [5, 5.41) is 13.1. The molecule has 0 aliphatic rings. The van der Waals surface area contributed by atoms with E-state index in [4.69, 9.17) is 5.26 Å². The maximum Gasteiger partial charge on any atom is 0.278 e. The van der Waals surface area contributed by atoms with Crippen LogP contribution in [0.15, 0.2) is 55.2 Å². The number of nitrogens with zero attached hydrogens (tertiary/aromatic N) is 7. The van der Waals surface area contributed by atoms with Gasteiger partial charge in [-0.05, 0) is 24.3 Å². The molecule has 8 heteroatoms. The van der Waals surface area contributed by atoms with Crippen LogP contribution in [0.2, 0.25) is 0 Å². The number of fused-ring (bicyclic) bond motifs is 1. The lowest BCUT2D eigenvalue weighted by Gasteiger charge is -2.17. The smallest absolute Gasteiger partial charge is 0.278 e. The van der Waals surface area contributed by atoms with E-state index in [-0.39, 0.29) is 11.6 Å². The number of amides is 1. The minimum Gasteiger partial charge on any atom is -0.310 e. The number of imidazole rings is 1. The van der Waals surface area contributed by atoms with Crippen LogP contribution in [0.3, 0.4) is 0 Å². The summed E-state index contributed by atoms with van der Waals surface area (Å²) >= 11 is 0. The summed E-state index contributed by atoms with van der Waals surface area (Å²) in [6.45, 7) is 0. The van der Waals surface area contributed by atoms with E-state index >= 15 is 0 Å². The number of rotatable bonds is 3. The lowest BCUT2D eigenvalue weighted by Crippen LogP contribution is -2.27. The molecule has 3 aromatic heterocycles. The van der Waals surface area contributed by atoms with Crippen LogP contribution in [0.4, 0.5) is 5.69 Å². The highest BCUT2D eigenvalue weighted by molar-refractivity contribution is 6.04. The van der Waals surface area contributed by atoms with Crippen molar-refractivity contribution in [3.05, 3.63) is 66.5 Å². The van der Waals surface area contributed by atoms with E-state index < -0.39 is 0 Å². The predicted molar refractivity (Wildman–Crippen MR) is 99.1 cm³/mol. The Bertz CT molecular complexity index is 1180. The van der Waals surface area contributed by atoms with E-state index in [1.54, 1.807) is 60.8 Å². The number of hydrogen-bond acceptors (Lipinski definition) is 5. The Hall–Kier alpha value is -3.99. The number of nitriles is 1. The third-order valence-electron chi connectivity index (χ3n) is 4.30. The molecule has 0 unspecified atom stereocenters. The Kier molecular flexibility index (Phi) is 3.90. The fourth-order valence-electron chi connectivity index (χ4n) is 2.82. The largest absolute Gasteiger partial charge is 0.310 e. The van der Waals surface area contributed by atoms with Crippen molar-refractivity contribution in [1.29, 1.82) is 5.26 Å². The first-order valence-corrected chi connectivity index (χ1v) is 8.17. The molecule has 0 aliphatic carbocycles. The quantitative estimate of drug-likeness (QED) is 0.561. The van der Waals surface area contributed by atoms with E-state index in [1.807, 2.05) is 17.6 Å². The van der Waals surface area contributed by atoms with Gasteiger partial charge in [-0.2, -0.15) is 10.4 Å². The fourth-order valence-corrected chi connectivity index (χ4v) is 2.82. The van der Waals surface area contributed by atoms with Crippen LogP contribution in [0.25, 0.3) is 16.9 Å². The van der Waals surface area contributed by atoms with Gasteiger partial charge in [0.25, 0.3) is 5.91 Å². The van der Waals surface area contributed by atoms with E-state index in [0.717, 1.165) is 11.3 Å². The van der Waals surface area contributed by atoms with Gasteiger partial charge in [-0.25, -0.2) is 9.97 Å². The molecule has 0 atom stereocenters. The second-order valence-corrected chi connectivity index (χ2v) is 6.07. The van der Waals surface area contributed by atoms with Crippen molar-refractivity contribution in [3.8, 4) is 17.3 Å². The highest BCUT2D eigenvalue weighted by Crippen LogP contribution is 2.21. The molecule has 4 rings (SSSR count). The summed E-state index contributed by atoms with van der Waals surface area (Å²) in [6, 6.07) is 8.87. The van der Waals surface area contributed by atoms with Crippen LogP contribution in [0, 0.1) is 11.3 Å². The van der Waals surface area contributed by atoms with Crippen LogP contribution in [-0.4, -0.2) is 37.1 Å². The number of carbonyl (C=O) groups excluding carboxylic acids is 1. The highest BCUT2D eigenvalue weighted by atomic mass is 16.2. The molecule has 0 fully saturated rings. The monoisotopic (exact) mass is 357 g/mol. The van der Waals surface area contributed by atoms with Crippen molar-refractivity contribution < 1.29 is 4.79 Å². The Morgan fingerprint density at radius 1 is 1.11 bits per heavy atom. The molecule has 0 saturated heterocycles. The number of benzene rings is 1. The number of hydrogen-bond donors (Lipinski definition) is 0. The van der Waals surface area contributed by atoms with Gasteiger partial charge >= 0.3 is 0 Å². The minimum atomic E-state index is -0.257. The van der Waals surface area contributed by atoms with Gasteiger partial charge in [0.1, 0.15) is 5.69 Å². The number of anilines is 1. The summed E-state index contributed by atoms with van der Waals surface area (Å²) in [7, 11) is 3.52. The number of aryl methyl sites for hydroxylation is 1. The molecule has 0 bridgehead atoms. The minimum absolute atomic E-state index is 0.257. The number of aromatic nitrogens is 5. The summed E-state index contributed by atoms with van der Waals surface area (Å²) in [5.74, 6) is -0.257. The highest BCUT2D eigenvalue weighted by Gasteiger charge is 2.17. The first-order valence-electron chi connectivity index (χ1n) is 8.17. The second-order valence-electron chi connectivity index (χ2n) is 6.07. The van der Waals surface area contributed by atoms with Crippen LogP contribution in [0.1, 0.15) is 16.1 Å². The van der Waals surface area contributed by atoms with Gasteiger partial charge in [0.2, 0.25) is 0 Å². The van der Waals surface area contributed by atoms with Crippen molar-refractivity contribution in [2.75, 3.05) is 11.9 Å². The average molecular weight is 357 g/mol. The molecule has 0 aliphatic heterocycles. The Labute approximate surface area is 154 Å². The van der Waals surface area contributed by atoms with Gasteiger partial charge in [0.15, 0.2) is 5.65 Å². The summed E-state index contributed by atoms with van der Waals surface area (Å²) in [6.07, 6.45) is 8.60. The Morgan fingerprint density at radius 3 is 2.56 bits per heavy atom. The van der Waals surface area contributed by atoms with Crippen LogP contribution in [0.5, 0.6) is 0 Å².